The zero-order valence-electron chi connectivity index (χ0n) is 43.0. The normalized spacial score (nSPS) is 28.2. The van der Waals surface area contributed by atoms with Crippen LogP contribution in [-0.4, -0.2) is 96.9 Å². The first-order valence-corrected chi connectivity index (χ1v) is 25.7. The quantitative estimate of drug-likeness (QED) is 0.0477. The monoisotopic (exact) mass is 1000 g/mol. The predicted octanol–water partition coefficient (Wildman–Crippen LogP) is 8.21. The zero-order valence-corrected chi connectivity index (χ0v) is 43.0. The van der Waals surface area contributed by atoms with E-state index < -0.39 is 66.0 Å². The van der Waals surface area contributed by atoms with E-state index in [9.17, 15) is 34.2 Å². The number of rotatable bonds is 15. The maximum atomic E-state index is 14.5. The summed E-state index contributed by atoms with van der Waals surface area (Å²) in [7, 11) is 0. The number of H-pyrrole nitrogens is 2. The Bertz CT molecular complexity index is 2980. The lowest BCUT2D eigenvalue weighted by atomic mass is 9.58. The van der Waals surface area contributed by atoms with E-state index in [1.807, 2.05) is 52.8 Å². The SMILES string of the molecule is C=Cc1c(C)c2cc3nc(c(CC(=O)O)c4nc(cc5[nH]c(cc1[nH]2)c(C)c5CC)C(C)=C4C(=O)NCCNC(=O)CCC(=O)O[C@@H]1O[C@@H]2O[C@@]4(C)CC[C@H]5[C@H](C)CC[C@@H]([C@H]1C)[C@@]25OO4)[C@@H](CCC(=O)O)[C@@H]3C. The number of esters is 1. The molecule has 6 aliphatic heterocycles. The van der Waals surface area contributed by atoms with Crippen LogP contribution in [0.2, 0.25) is 0 Å². The molecule has 0 unspecified atom stereocenters. The number of allylic oxidation sites excluding steroid dienone is 1. The average molecular weight is 1010 g/mol. The van der Waals surface area contributed by atoms with Crippen molar-refractivity contribution in [2.24, 2.45) is 23.7 Å². The van der Waals surface area contributed by atoms with Crippen molar-refractivity contribution in [3.63, 3.8) is 0 Å². The molecule has 73 heavy (non-hydrogen) atoms. The van der Waals surface area contributed by atoms with Crippen LogP contribution in [0.4, 0.5) is 0 Å². The molecule has 1 spiro atoms. The number of nitrogens with zero attached hydrogens (tertiary/aromatic N) is 2. The first-order valence-electron chi connectivity index (χ1n) is 25.7. The number of carboxylic acid groups (broad SMARTS) is 2. The van der Waals surface area contributed by atoms with Crippen LogP contribution in [0.1, 0.15) is 155 Å². The van der Waals surface area contributed by atoms with Gasteiger partial charge in [0.15, 0.2) is 11.9 Å². The van der Waals surface area contributed by atoms with Gasteiger partial charge in [0.05, 0.1) is 35.5 Å². The van der Waals surface area contributed by atoms with Gasteiger partial charge in [-0.15, -0.1) is 0 Å². The Hall–Kier alpha value is -6.21. The molecule has 0 aromatic carbocycles. The van der Waals surface area contributed by atoms with E-state index in [0.29, 0.717) is 41.4 Å². The number of carbonyl (C=O) groups excluding carboxylic acids is 3. The number of aromatic nitrogens is 4. The summed E-state index contributed by atoms with van der Waals surface area (Å²) in [6, 6.07) is 5.82. The molecule has 390 valence electrons. The molecule has 1 saturated carbocycles. The van der Waals surface area contributed by atoms with Crippen molar-refractivity contribution in [3.8, 4) is 0 Å². The van der Waals surface area contributed by atoms with E-state index in [0.717, 1.165) is 63.6 Å². The number of ether oxygens (including phenoxy) is 3. The average Bonchev–Trinajstić information content (AvgIpc) is 3.97. The highest BCUT2D eigenvalue weighted by Crippen LogP contribution is 2.60. The highest BCUT2D eigenvalue weighted by Gasteiger charge is 2.70. The minimum atomic E-state index is -1.18. The third-order valence-corrected chi connectivity index (χ3v) is 16.6. The second-order valence-electron chi connectivity index (χ2n) is 21.1. The summed E-state index contributed by atoms with van der Waals surface area (Å²) >= 11 is 0. The van der Waals surface area contributed by atoms with Crippen LogP contribution in [-0.2, 0) is 60.8 Å². The van der Waals surface area contributed by atoms with Gasteiger partial charge in [-0.05, 0) is 112 Å². The summed E-state index contributed by atoms with van der Waals surface area (Å²) in [5.41, 5.74) is 8.70. The lowest BCUT2D eigenvalue weighted by Crippen LogP contribution is -2.70. The number of carboxylic acids is 2. The molecule has 1 aliphatic carbocycles. The first-order chi connectivity index (χ1) is 34.8. The molecule has 10 bridgehead atoms. The maximum Gasteiger partial charge on any atom is 0.308 e. The summed E-state index contributed by atoms with van der Waals surface area (Å²) < 4.78 is 18.6. The lowest BCUT2D eigenvalue weighted by molar-refractivity contribution is -0.576. The van der Waals surface area contributed by atoms with Crippen molar-refractivity contribution in [2.45, 2.75) is 155 Å². The first kappa shape index (κ1) is 51.7. The zero-order chi connectivity index (χ0) is 52.3. The molecule has 3 aromatic heterocycles. The third kappa shape index (κ3) is 9.51. The van der Waals surface area contributed by atoms with Crippen LogP contribution >= 0.6 is 0 Å². The number of aliphatic carboxylic acids is 2. The van der Waals surface area contributed by atoms with Crippen LogP contribution in [0, 0.1) is 37.5 Å². The van der Waals surface area contributed by atoms with E-state index in [1.54, 1.807) is 13.0 Å². The van der Waals surface area contributed by atoms with Gasteiger partial charge in [0.1, 0.15) is 0 Å². The Morgan fingerprint density at radius 2 is 1.60 bits per heavy atom. The molecule has 18 nitrogen and oxygen atoms in total. The maximum absolute atomic E-state index is 14.5. The molecule has 9 heterocycles. The fourth-order valence-electron chi connectivity index (χ4n) is 12.5. The molecule has 3 aromatic rings. The summed E-state index contributed by atoms with van der Waals surface area (Å²) in [6.07, 6.45) is 3.19. The van der Waals surface area contributed by atoms with Crippen molar-refractivity contribution in [3.05, 3.63) is 75.4 Å². The Kier molecular flexibility index (Phi) is 14.3. The molecular weight excluding hydrogens is 937 g/mol. The second kappa shape index (κ2) is 20.2. The van der Waals surface area contributed by atoms with Crippen molar-refractivity contribution in [1.82, 2.24) is 30.6 Å². The molecule has 5 fully saturated rings. The number of aromatic amines is 2. The highest BCUT2D eigenvalue weighted by molar-refractivity contribution is 6.27. The number of hydrogen-bond donors (Lipinski definition) is 6. The van der Waals surface area contributed by atoms with E-state index in [1.165, 1.54) is 0 Å². The van der Waals surface area contributed by atoms with Crippen LogP contribution in [0.3, 0.4) is 0 Å². The van der Waals surface area contributed by atoms with Crippen molar-refractivity contribution in [2.75, 3.05) is 13.1 Å². The summed E-state index contributed by atoms with van der Waals surface area (Å²) in [6.45, 7) is 19.9. The number of nitrogens with one attached hydrogen (secondary N) is 4. The Balaban J connectivity index is 0.954. The molecule has 2 amide bonds. The van der Waals surface area contributed by atoms with Gasteiger partial charge in [-0.2, -0.15) is 0 Å². The minimum Gasteiger partial charge on any atom is -0.481 e. The topological polar surface area (TPSA) is 253 Å². The Morgan fingerprint density at radius 1 is 0.863 bits per heavy atom. The van der Waals surface area contributed by atoms with E-state index in [4.69, 9.17) is 34.0 Å². The van der Waals surface area contributed by atoms with Crippen LogP contribution < -0.4 is 10.6 Å². The number of fused-ring (bicyclic) bond motifs is 10. The van der Waals surface area contributed by atoms with Gasteiger partial charge in [-0.1, -0.05) is 40.3 Å². The van der Waals surface area contributed by atoms with Crippen molar-refractivity contribution in [1.29, 1.82) is 0 Å². The van der Waals surface area contributed by atoms with Gasteiger partial charge in [0.25, 0.3) is 5.91 Å². The van der Waals surface area contributed by atoms with Gasteiger partial charge in [-0.3, -0.25) is 29.0 Å². The highest BCUT2D eigenvalue weighted by atomic mass is 17.3. The molecular formula is C55H68N6O12. The van der Waals surface area contributed by atoms with Crippen LogP contribution in [0.5, 0.6) is 0 Å². The summed E-state index contributed by atoms with van der Waals surface area (Å²) in [4.78, 5) is 95.1. The third-order valence-electron chi connectivity index (χ3n) is 16.6. The Morgan fingerprint density at radius 3 is 2.33 bits per heavy atom. The molecule has 10 atom stereocenters. The molecule has 10 rings (SSSR count). The van der Waals surface area contributed by atoms with Crippen LogP contribution in [0.15, 0.2) is 24.8 Å². The summed E-state index contributed by atoms with van der Waals surface area (Å²) in [5.74, 6) is -5.32. The molecule has 0 radical (unpaired) electrons. The van der Waals surface area contributed by atoms with E-state index in [2.05, 4.69) is 41.0 Å². The number of amides is 2. The van der Waals surface area contributed by atoms with Crippen molar-refractivity contribution >= 4 is 69.0 Å². The number of hydrogen-bond acceptors (Lipinski definition) is 12. The largest absolute Gasteiger partial charge is 0.481 e. The van der Waals surface area contributed by atoms with Gasteiger partial charge in [0.2, 0.25) is 18.0 Å². The van der Waals surface area contributed by atoms with Gasteiger partial charge in [-0.25, -0.2) is 14.8 Å². The summed E-state index contributed by atoms with van der Waals surface area (Å²) in [5, 5.41) is 26.0. The van der Waals surface area contributed by atoms with Gasteiger partial charge in [0, 0.05) is 94.9 Å². The smallest absolute Gasteiger partial charge is 0.308 e. The second-order valence-corrected chi connectivity index (χ2v) is 21.1. The molecule has 6 N–H and O–H groups in total. The van der Waals surface area contributed by atoms with E-state index in [-0.39, 0.29) is 79.3 Å². The lowest BCUT2D eigenvalue weighted by Gasteiger charge is -2.59. The predicted molar refractivity (Wildman–Crippen MR) is 270 cm³/mol. The fraction of sp³-hybridized carbons (Fsp3) is 0.545. The Labute approximate surface area is 424 Å². The van der Waals surface area contributed by atoms with E-state index >= 15 is 0 Å². The molecule has 7 aliphatic rings. The molecule has 18 heteroatoms. The van der Waals surface area contributed by atoms with Gasteiger partial charge >= 0.3 is 17.9 Å². The number of carbonyl (C=O) groups is 5. The minimum absolute atomic E-state index is 0.0141. The van der Waals surface area contributed by atoms with Crippen molar-refractivity contribution < 1.29 is 58.2 Å². The van der Waals surface area contributed by atoms with Gasteiger partial charge < -0.3 is 45.0 Å². The number of aryl methyl sites for hydroxylation is 3. The molecule has 4 saturated heterocycles. The van der Waals surface area contributed by atoms with Crippen LogP contribution in [0.25, 0.3) is 39.3 Å². The standard InChI is InChI=1S/C55H68N6O12/c1-10-32-27(4)38-23-40-29(6)34(13-16-45(63)64)49(60-40)35(22-46(65)66)50-48(31(8)41(61-50)25-43-33(11-2)28(5)39(59-43)24-42(32)58-38)51(68)57-21-20-56-44(62)15-17-47(67)69-52-30(7)37-14-12-26(3)36-18-19-54(9)71-53(70-52)55(36,37)73-72-54/h10,23-26,29-30,34,36-37,52-53,58-59H,1,11-22H2,2-9H3,(H,56,62)(H,57,68)(H,63,64)(H,65,66)/t26-,29+,30-,34+,36+,37+,52-,53-,54-,55-/m1/s1. The fourth-order valence-corrected chi connectivity index (χ4v) is 12.5.